The molecule has 2 heteroatoms. The van der Waals surface area contributed by atoms with Crippen molar-refractivity contribution in [1.82, 2.24) is 0 Å². The average Bonchev–Trinajstić information content (AvgIpc) is 2.19. The minimum absolute atomic E-state index is 0.0369. The van der Waals surface area contributed by atoms with E-state index in [9.17, 15) is 4.79 Å². The molecule has 0 rings (SSSR count). The van der Waals surface area contributed by atoms with Crippen LogP contribution in [0.3, 0.4) is 0 Å². The number of ether oxygens (including phenoxy) is 1. The normalized spacial score (nSPS) is 10.1. The van der Waals surface area contributed by atoms with E-state index in [-0.39, 0.29) is 5.97 Å². The fraction of sp³-hybridized carbons (Fsp3) is 0.833. The Hall–Kier alpha value is -0.530. The fourth-order valence-corrected chi connectivity index (χ4v) is 1.23. The van der Waals surface area contributed by atoms with Crippen molar-refractivity contribution in [3.63, 3.8) is 0 Å². The molecule has 0 N–H and O–H groups in total. The highest BCUT2D eigenvalue weighted by Gasteiger charge is 2.01. The van der Waals surface area contributed by atoms with E-state index in [2.05, 4.69) is 13.8 Å². The highest BCUT2D eigenvalue weighted by Crippen LogP contribution is 2.04. The minimum atomic E-state index is -0.0369. The molecule has 0 fully saturated rings. The molecule has 0 aliphatic carbocycles. The first-order chi connectivity index (χ1) is 6.81. The molecule has 0 bridgehead atoms. The molecule has 0 aliphatic heterocycles. The largest absolute Gasteiger partial charge is 0.466 e. The van der Waals surface area contributed by atoms with Crippen LogP contribution in [0, 0.1) is 6.92 Å². The Morgan fingerprint density at radius 1 is 1.14 bits per heavy atom. The molecule has 0 saturated carbocycles. The van der Waals surface area contributed by atoms with Crippen molar-refractivity contribution >= 4 is 5.97 Å². The summed E-state index contributed by atoms with van der Waals surface area (Å²) in [5.74, 6) is -0.0369. The summed E-state index contributed by atoms with van der Waals surface area (Å²) in [5, 5.41) is 0. The number of unbranched alkanes of at least 4 members (excludes halogenated alkanes) is 5. The fourth-order valence-electron chi connectivity index (χ4n) is 1.23. The molecular formula is C12H23O2. The Bertz CT molecular complexity index is 118. The number of carbonyl (C=O) groups excluding carboxylic acids is 1. The lowest BCUT2D eigenvalue weighted by molar-refractivity contribution is -0.143. The predicted molar refractivity (Wildman–Crippen MR) is 58.9 cm³/mol. The Morgan fingerprint density at radius 2 is 1.93 bits per heavy atom. The van der Waals surface area contributed by atoms with Gasteiger partial charge in [0.05, 0.1) is 6.61 Å². The number of hydrogen-bond acceptors (Lipinski definition) is 2. The molecule has 2 nitrogen and oxygen atoms in total. The molecule has 0 unspecified atom stereocenters. The smallest absolute Gasteiger partial charge is 0.305 e. The van der Waals surface area contributed by atoms with Gasteiger partial charge < -0.3 is 4.74 Å². The van der Waals surface area contributed by atoms with Gasteiger partial charge in [0, 0.05) is 6.42 Å². The molecule has 0 atom stereocenters. The average molecular weight is 199 g/mol. The van der Waals surface area contributed by atoms with Gasteiger partial charge in [-0.2, -0.15) is 0 Å². The number of esters is 1. The molecule has 0 aromatic carbocycles. The molecule has 83 valence electrons. The molecule has 0 aromatic rings. The Balaban J connectivity index is 3.11. The van der Waals surface area contributed by atoms with Gasteiger partial charge in [0.1, 0.15) is 0 Å². The number of rotatable bonds is 9. The van der Waals surface area contributed by atoms with Gasteiger partial charge in [0.25, 0.3) is 0 Å². The summed E-state index contributed by atoms with van der Waals surface area (Å²) in [6, 6.07) is 0. The number of carbonyl (C=O) groups is 1. The second-order valence-corrected chi connectivity index (χ2v) is 3.59. The van der Waals surface area contributed by atoms with Gasteiger partial charge in [-0.05, 0) is 12.8 Å². The molecule has 0 aliphatic rings. The second kappa shape index (κ2) is 10.6. The van der Waals surface area contributed by atoms with Crippen molar-refractivity contribution in [3.05, 3.63) is 6.92 Å². The zero-order chi connectivity index (χ0) is 10.6. The van der Waals surface area contributed by atoms with Crippen LogP contribution >= 0.6 is 0 Å². The maximum atomic E-state index is 11.1. The minimum Gasteiger partial charge on any atom is -0.466 e. The number of hydrogen-bond donors (Lipinski definition) is 0. The van der Waals surface area contributed by atoms with E-state index in [1.54, 1.807) is 0 Å². The van der Waals surface area contributed by atoms with Crippen LogP contribution in [0.25, 0.3) is 0 Å². The van der Waals surface area contributed by atoms with E-state index in [1.807, 2.05) is 0 Å². The lowest BCUT2D eigenvalue weighted by atomic mass is 10.1. The lowest BCUT2D eigenvalue weighted by Gasteiger charge is -2.03. The van der Waals surface area contributed by atoms with Crippen molar-refractivity contribution in [2.75, 3.05) is 6.61 Å². The van der Waals surface area contributed by atoms with E-state index in [1.165, 1.54) is 6.42 Å². The quantitative estimate of drug-likeness (QED) is 0.419. The second-order valence-electron chi connectivity index (χ2n) is 3.59. The van der Waals surface area contributed by atoms with Crippen LogP contribution in [-0.2, 0) is 9.53 Å². The van der Waals surface area contributed by atoms with Gasteiger partial charge in [-0.3, -0.25) is 4.79 Å². The summed E-state index contributed by atoms with van der Waals surface area (Å²) in [5.41, 5.74) is 0. The SMILES string of the molecule is [CH2]CCCCCC(=O)OCCCCC. The third-order valence-electron chi connectivity index (χ3n) is 2.14. The van der Waals surface area contributed by atoms with E-state index < -0.39 is 0 Å². The van der Waals surface area contributed by atoms with Gasteiger partial charge in [-0.1, -0.05) is 46.0 Å². The van der Waals surface area contributed by atoms with Crippen LogP contribution in [0.5, 0.6) is 0 Å². The van der Waals surface area contributed by atoms with Crippen LogP contribution in [0.2, 0.25) is 0 Å². The van der Waals surface area contributed by atoms with Crippen molar-refractivity contribution in [2.24, 2.45) is 0 Å². The highest BCUT2D eigenvalue weighted by atomic mass is 16.5. The van der Waals surface area contributed by atoms with Gasteiger partial charge in [-0.15, -0.1) is 0 Å². The first kappa shape index (κ1) is 13.5. The monoisotopic (exact) mass is 199 g/mol. The molecule has 1 radical (unpaired) electrons. The van der Waals surface area contributed by atoms with Crippen molar-refractivity contribution in [2.45, 2.75) is 58.3 Å². The summed E-state index contributed by atoms with van der Waals surface area (Å²) in [6.45, 7) is 6.49. The predicted octanol–water partition coefficient (Wildman–Crippen LogP) is 3.50. The molecule has 0 spiro atoms. The van der Waals surface area contributed by atoms with Gasteiger partial charge in [0.2, 0.25) is 0 Å². The molecule has 14 heavy (non-hydrogen) atoms. The third kappa shape index (κ3) is 9.56. The molecule has 0 aromatic heterocycles. The first-order valence-corrected chi connectivity index (χ1v) is 5.76. The topological polar surface area (TPSA) is 26.3 Å². The zero-order valence-corrected chi connectivity index (χ0v) is 9.39. The van der Waals surface area contributed by atoms with E-state index in [4.69, 9.17) is 4.74 Å². The van der Waals surface area contributed by atoms with Gasteiger partial charge in [-0.25, -0.2) is 0 Å². The van der Waals surface area contributed by atoms with E-state index in [0.717, 1.165) is 38.5 Å². The van der Waals surface area contributed by atoms with Crippen LogP contribution in [-0.4, -0.2) is 12.6 Å². The molecular weight excluding hydrogens is 176 g/mol. The van der Waals surface area contributed by atoms with Gasteiger partial charge >= 0.3 is 5.97 Å². The lowest BCUT2D eigenvalue weighted by Crippen LogP contribution is -2.05. The van der Waals surface area contributed by atoms with Crippen LogP contribution < -0.4 is 0 Å². The summed E-state index contributed by atoms with van der Waals surface area (Å²) in [4.78, 5) is 11.1. The van der Waals surface area contributed by atoms with Crippen molar-refractivity contribution in [3.8, 4) is 0 Å². The van der Waals surface area contributed by atoms with Gasteiger partial charge in [0.15, 0.2) is 0 Å². The highest BCUT2D eigenvalue weighted by molar-refractivity contribution is 5.69. The summed E-state index contributed by atoms with van der Waals surface area (Å²) >= 11 is 0. The summed E-state index contributed by atoms with van der Waals surface area (Å²) in [6.07, 6.45) is 8.01. The molecule has 0 saturated heterocycles. The van der Waals surface area contributed by atoms with Crippen LogP contribution in [0.4, 0.5) is 0 Å². The van der Waals surface area contributed by atoms with Crippen molar-refractivity contribution in [1.29, 1.82) is 0 Å². The van der Waals surface area contributed by atoms with Crippen LogP contribution in [0.1, 0.15) is 58.3 Å². The van der Waals surface area contributed by atoms with Crippen LogP contribution in [0.15, 0.2) is 0 Å². The standard InChI is InChI=1S/C12H23O2/c1-3-5-7-8-10-12(13)14-11-9-6-4-2/h1,3-11H2,2H3. The Morgan fingerprint density at radius 3 is 2.57 bits per heavy atom. The van der Waals surface area contributed by atoms with E-state index >= 15 is 0 Å². The Labute approximate surface area is 88.0 Å². The molecule has 0 amide bonds. The molecule has 0 heterocycles. The zero-order valence-electron chi connectivity index (χ0n) is 9.39. The summed E-state index contributed by atoms with van der Waals surface area (Å²) < 4.78 is 5.07. The van der Waals surface area contributed by atoms with E-state index in [0.29, 0.717) is 13.0 Å². The first-order valence-electron chi connectivity index (χ1n) is 5.76. The maximum absolute atomic E-state index is 11.1. The van der Waals surface area contributed by atoms with Crippen molar-refractivity contribution < 1.29 is 9.53 Å². The maximum Gasteiger partial charge on any atom is 0.305 e. The summed E-state index contributed by atoms with van der Waals surface area (Å²) in [7, 11) is 0. The third-order valence-corrected chi connectivity index (χ3v) is 2.14. The Kier molecular flexibility index (Phi) is 10.2.